The molecule has 4 fully saturated rings. The number of aliphatic hydroxyl groups excluding tert-OH is 1. The van der Waals surface area contributed by atoms with Crippen LogP contribution < -0.4 is 0 Å². The second-order valence-electron chi connectivity index (χ2n) is 14.9. The summed E-state index contributed by atoms with van der Waals surface area (Å²) in [5.74, 6) is 1.74. The number of carbonyl (C=O) groups excluding carboxylic acids is 2. The molecule has 0 aromatic carbocycles. The number of aliphatic hydroxyl groups is 1. The molecular weight excluding hydrogens is 528 g/mol. The maximum Gasteiger partial charge on any atom is 0.336 e. The van der Waals surface area contributed by atoms with Gasteiger partial charge in [-0.3, -0.25) is 9.78 Å². The molecule has 3 heterocycles. The van der Waals surface area contributed by atoms with Gasteiger partial charge in [0, 0.05) is 18.2 Å². The van der Waals surface area contributed by atoms with Crippen molar-refractivity contribution < 1.29 is 24.2 Å². The largest absolute Gasteiger partial charge is 0.458 e. The number of likely N-dealkylation sites (N-methyl/N-ethyl adjacent to an activating group) is 1. The highest BCUT2D eigenvalue weighted by Gasteiger charge is 2.81. The maximum absolute atomic E-state index is 14.7. The van der Waals surface area contributed by atoms with E-state index < -0.39 is 11.0 Å². The van der Waals surface area contributed by atoms with Crippen LogP contribution in [0.25, 0.3) is 5.57 Å². The number of fused-ring (bicyclic) bond motifs is 4. The van der Waals surface area contributed by atoms with E-state index >= 15 is 0 Å². The zero-order valence-corrected chi connectivity index (χ0v) is 25.9. The highest BCUT2D eigenvalue weighted by Crippen LogP contribution is 2.74. The fourth-order valence-electron chi connectivity index (χ4n) is 11.1. The molecule has 7 rings (SSSR count). The van der Waals surface area contributed by atoms with E-state index in [9.17, 15) is 14.7 Å². The zero-order chi connectivity index (χ0) is 29.8. The van der Waals surface area contributed by atoms with Gasteiger partial charge in [-0.25, -0.2) is 4.79 Å². The summed E-state index contributed by atoms with van der Waals surface area (Å²) in [6, 6.07) is 5.85. The maximum atomic E-state index is 14.7. The van der Waals surface area contributed by atoms with Gasteiger partial charge in [-0.2, -0.15) is 0 Å². The van der Waals surface area contributed by atoms with Crippen LogP contribution in [0.1, 0.15) is 71.9 Å². The van der Waals surface area contributed by atoms with Crippen LogP contribution in [0.4, 0.5) is 0 Å². The predicted octanol–water partition coefficient (Wildman–Crippen LogP) is 4.84. The molecule has 0 radical (unpaired) electrons. The number of ketones is 1. The van der Waals surface area contributed by atoms with Crippen molar-refractivity contribution in [3.63, 3.8) is 0 Å². The number of Topliss-reactive ketones (excluding diaryl/α,β-unsaturated/α-hetero) is 1. The van der Waals surface area contributed by atoms with Crippen LogP contribution in [0, 0.1) is 40.4 Å². The molecule has 1 aromatic rings. The van der Waals surface area contributed by atoms with Gasteiger partial charge in [-0.1, -0.05) is 31.6 Å². The number of hydrogen-bond donors (Lipinski definition) is 1. The van der Waals surface area contributed by atoms with Gasteiger partial charge in [0.2, 0.25) is 0 Å². The summed E-state index contributed by atoms with van der Waals surface area (Å²) in [6.45, 7) is 8.68. The molecule has 7 nitrogen and oxygen atoms in total. The van der Waals surface area contributed by atoms with Crippen LogP contribution in [-0.4, -0.2) is 71.3 Å². The molecule has 1 saturated heterocycles. The Labute approximate surface area is 249 Å². The molecule has 2 aliphatic heterocycles. The Balaban J connectivity index is 1.21. The highest BCUT2D eigenvalue weighted by molar-refractivity contribution is 6.24. The molecule has 1 aromatic heterocycles. The molecule has 4 aliphatic carbocycles. The van der Waals surface area contributed by atoms with E-state index in [0.29, 0.717) is 29.7 Å². The van der Waals surface area contributed by atoms with Crippen LogP contribution in [0.15, 0.2) is 41.6 Å². The number of aromatic nitrogens is 1. The third-order valence-electron chi connectivity index (χ3n) is 13.2. The van der Waals surface area contributed by atoms with Gasteiger partial charge >= 0.3 is 5.97 Å². The number of allylic oxidation sites excluding steroid dienone is 1. The third-order valence-corrected chi connectivity index (χ3v) is 13.2. The minimum absolute atomic E-state index is 0.0221. The minimum Gasteiger partial charge on any atom is -0.458 e. The summed E-state index contributed by atoms with van der Waals surface area (Å²) in [4.78, 5) is 34.2. The smallest absolute Gasteiger partial charge is 0.336 e. The monoisotopic (exact) mass is 574 g/mol. The molecule has 6 aliphatic rings. The summed E-state index contributed by atoms with van der Waals surface area (Å²) in [5.41, 5.74) is 1.93. The number of rotatable bonds is 5. The van der Waals surface area contributed by atoms with E-state index in [1.165, 1.54) is 0 Å². The fourth-order valence-corrected chi connectivity index (χ4v) is 11.1. The number of carbonyl (C=O) groups is 2. The lowest BCUT2D eigenvalue weighted by molar-refractivity contribution is -0.154. The number of pyridine rings is 1. The topological polar surface area (TPSA) is 92.3 Å². The minimum atomic E-state index is -0.607. The Hall–Kier alpha value is -2.35. The van der Waals surface area contributed by atoms with Gasteiger partial charge in [0.1, 0.15) is 11.7 Å². The molecule has 1 spiro atoms. The van der Waals surface area contributed by atoms with Crippen molar-refractivity contribution in [2.75, 3.05) is 20.7 Å². The average Bonchev–Trinajstić information content (AvgIpc) is 3.58. The van der Waals surface area contributed by atoms with Gasteiger partial charge in [0.25, 0.3) is 0 Å². The average molecular weight is 575 g/mol. The van der Waals surface area contributed by atoms with Crippen LogP contribution in [0.5, 0.6) is 0 Å². The van der Waals surface area contributed by atoms with Crippen molar-refractivity contribution in [1.29, 1.82) is 0 Å². The van der Waals surface area contributed by atoms with Gasteiger partial charge < -0.3 is 19.5 Å². The standard InChI is InChI=1S/C35H46N2O5/c1-19-15-28(41-32(40)23(19)18-38)20(2)24-10-11-25-21-17-30-35(42-30)29(37(5)6)16-22(27-9-7-8-14-36-27)31(39)34(35,4)26(21)12-13-33(24,25)3/h7-9,14,16,20-21,24-26,28-30,38H,10-13,15,17-18H2,1-6H3/t20-,21-,24+,25-,26-,28?,29+,30?,33+,34-,35+/m0/s1. The second kappa shape index (κ2) is 9.57. The molecule has 7 heteroatoms. The highest BCUT2D eigenvalue weighted by atomic mass is 16.6. The van der Waals surface area contributed by atoms with Crippen molar-refractivity contribution >= 4 is 17.3 Å². The Morgan fingerprint density at radius 1 is 1.14 bits per heavy atom. The van der Waals surface area contributed by atoms with Crippen LogP contribution >= 0.6 is 0 Å². The Morgan fingerprint density at radius 3 is 2.60 bits per heavy atom. The molecule has 0 bridgehead atoms. The lowest BCUT2D eigenvalue weighted by Gasteiger charge is -2.59. The van der Waals surface area contributed by atoms with Crippen LogP contribution in [0.2, 0.25) is 0 Å². The van der Waals surface area contributed by atoms with E-state index in [4.69, 9.17) is 9.47 Å². The second-order valence-corrected chi connectivity index (χ2v) is 14.9. The lowest BCUT2D eigenvalue weighted by atomic mass is 9.43. The van der Waals surface area contributed by atoms with E-state index in [-0.39, 0.29) is 53.9 Å². The SMILES string of the molecule is CC1=C(CO)C(=O)OC([C@@H](C)[C@H]2CC[C@H]3[C@@H]4CC5O[C@]56[C@H](N(C)C)C=C(c5ccccn5)C(=O)[C@]6(C)[C@H]4CC[C@]23C)C1. The molecule has 3 saturated carbocycles. The van der Waals surface area contributed by atoms with Crippen molar-refractivity contribution in [1.82, 2.24) is 9.88 Å². The quantitative estimate of drug-likeness (QED) is 0.397. The number of nitrogens with zero attached hydrogens (tertiary/aromatic N) is 2. The first kappa shape index (κ1) is 28.4. The first-order valence-corrected chi connectivity index (χ1v) is 16.0. The summed E-state index contributed by atoms with van der Waals surface area (Å²) in [6.07, 6.45) is 9.92. The number of epoxide rings is 1. The van der Waals surface area contributed by atoms with Crippen LogP contribution in [-0.2, 0) is 19.1 Å². The molecule has 2 unspecified atom stereocenters. The van der Waals surface area contributed by atoms with Gasteiger partial charge in [0.15, 0.2) is 5.78 Å². The molecule has 11 atom stereocenters. The zero-order valence-electron chi connectivity index (χ0n) is 25.9. The van der Waals surface area contributed by atoms with Crippen LogP contribution in [0.3, 0.4) is 0 Å². The van der Waals surface area contributed by atoms with E-state index in [2.05, 4.69) is 50.8 Å². The molecule has 1 N–H and O–H groups in total. The van der Waals surface area contributed by atoms with Crippen molar-refractivity contribution in [3.05, 3.63) is 47.3 Å². The van der Waals surface area contributed by atoms with E-state index in [1.807, 2.05) is 25.1 Å². The third kappa shape index (κ3) is 3.59. The summed E-state index contributed by atoms with van der Waals surface area (Å²) < 4.78 is 12.7. The van der Waals surface area contributed by atoms with Crippen molar-refractivity contribution in [3.8, 4) is 0 Å². The van der Waals surface area contributed by atoms with Gasteiger partial charge in [0.05, 0.1) is 35.4 Å². The summed E-state index contributed by atoms with van der Waals surface area (Å²) >= 11 is 0. The number of cyclic esters (lactones) is 1. The van der Waals surface area contributed by atoms with E-state index in [1.54, 1.807) is 6.20 Å². The fraction of sp³-hybridized carbons (Fsp3) is 0.686. The predicted molar refractivity (Wildman–Crippen MR) is 159 cm³/mol. The molecule has 226 valence electrons. The Bertz CT molecular complexity index is 1370. The Kier molecular flexibility index (Phi) is 6.48. The number of esters is 1. The van der Waals surface area contributed by atoms with E-state index in [0.717, 1.165) is 48.9 Å². The molecular formula is C35H46N2O5. The molecule has 42 heavy (non-hydrogen) atoms. The van der Waals surface area contributed by atoms with Gasteiger partial charge in [-0.15, -0.1) is 0 Å². The van der Waals surface area contributed by atoms with Gasteiger partial charge in [-0.05, 0) is 107 Å². The number of ether oxygens (including phenoxy) is 2. The molecule has 0 amide bonds. The Morgan fingerprint density at radius 2 is 1.93 bits per heavy atom. The summed E-state index contributed by atoms with van der Waals surface area (Å²) in [7, 11) is 4.21. The van der Waals surface area contributed by atoms with Crippen molar-refractivity contribution in [2.45, 2.75) is 90.1 Å². The first-order valence-electron chi connectivity index (χ1n) is 16.0. The van der Waals surface area contributed by atoms with Crippen molar-refractivity contribution in [2.24, 2.45) is 40.4 Å². The summed E-state index contributed by atoms with van der Waals surface area (Å²) in [5, 5.41) is 9.65. The lowest BCUT2D eigenvalue weighted by Crippen LogP contribution is -2.66. The first-order chi connectivity index (χ1) is 20.0. The normalized spacial score (nSPS) is 45.0. The number of hydrogen-bond acceptors (Lipinski definition) is 7.